The van der Waals surface area contributed by atoms with Crippen LogP contribution in [0.15, 0.2) is 59.6 Å². The molecule has 4 rings (SSSR count). The van der Waals surface area contributed by atoms with Crippen LogP contribution in [0.1, 0.15) is 35.3 Å². The molecule has 1 aliphatic rings. The van der Waals surface area contributed by atoms with Gasteiger partial charge in [0.25, 0.3) is 0 Å². The van der Waals surface area contributed by atoms with Crippen molar-refractivity contribution in [2.24, 2.45) is 0 Å². The number of nitrogens with zero attached hydrogens (tertiary/aromatic N) is 1. The van der Waals surface area contributed by atoms with Crippen molar-refractivity contribution in [3.8, 4) is 17.2 Å². The number of nitriles is 1. The first-order valence-corrected chi connectivity index (χ1v) is 10.9. The van der Waals surface area contributed by atoms with Gasteiger partial charge in [-0.3, -0.25) is 0 Å². The van der Waals surface area contributed by atoms with E-state index in [1.165, 1.54) is 0 Å². The Bertz CT molecular complexity index is 1160. The van der Waals surface area contributed by atoms with Crippen LogP contribution in [0.3, 0.4) is 0 Å². The molecule has 5 nitrogen and oxygen atoms in total. The summed E-state index contributed by atoms with van der Waals surface area (Å²) < 4.78 is 23.9. The summed E-state index contributed by atoms with van der Waals surface area (Å²) in [4.78, 5) is 3.57. The van der Waals surface area contributed by atoms with Gasteiger partial charge in [0.1, 0.15) is 0 Å². The lowest BCUT2D eigenvalue weighted by Crippen LogP contribution is -2.19. The van der Waals surface area contributed by atoms with E-state index in [1.54, 1.807) is 12.3 Å². The Balaban J connectivity index is 1.45. The van der Waals surface area contributed by atoms with Gasteiger partial charge in [-0.15, -0.1) is 0 Å². The molecule has 3 aromatic rings. The van der Waals surface area contributed by atoms with Gasteiger partial charge >= 0.3 is 0 Å². The van der Waals surface area contributed by atoms with E-state index < -0.39 is 9.84 Å². The predicted molar refractivity (Wildman–Crippen MR) is 108 cm³/mol. The van der Waals surface area contributed by atoms with Gasteiger partial charge in [0, 0.05) is 24.5 Å². The standard InChI is InChI=1S/C22H21N3O2S/c1-15(24-13-21-20-9-10-28(26,27)22(20)14-25-21)17-5-7-18(8-6-17)19-4-2-3-16(11-19)12-23/h2-8,11,14-15,24-25H,9-10,13H2,1H3. The van der Waals surface area contributed by atoms with E-state index in [9.17, 15) is 8.42 Å². The van der Waals surface area contributed by atoms with Gasteiger partial charge in [0.15, 0.2) is 9.84 Å². The molecule has 142 valence electrons. The molecule has 0 aliphatic carbocycles. The molecule has 28 heavy (non-hydrogen) atoms. The van der Waals surface area contributed by atoms with Gasteiger partial charge in [-0.1, -0.05) is 36.4 Å². The van der Waals surface area contributed by atoms with Gasteiger partial charge in [-0.05, 0) is 47.7 Å². The third-order valence-corrected chi connectivity index (χ3v) is 7.09. The van der Waals surface area contributed by atoms with Crippen LogP contribution in [0.25, 0.3) is 11.1 Å². The normalized spacial score (nSPS) is 15.7. The zero-order chi connectivity index (χ0) is 19.7. The van der Waals surface area contributed by atoms with Crippen LogP contribution < -0.4 is 5.32 Å². The van der Waals surface area contributed by atoms with E-state index in [2.05, 4.69) is 47.6 Å². The number of benzene rings is 2. The molecule has 0 saturated carbocycles. The zero-order valence-corrected chi connectivity index (χ0v) is 16.4. The van der Waals surface area contributed by atoms with E-state index in [0.29, 0.717) is 23.4 Å². The van der Waals surface area contributed by atoms with Crippen molar-refractivity contribution in [2.75, 3.05) is 5.75 Å². The van der Waals surface area contributed by atoms with Crippen molar-refractivity contribution >= 4 is 9.84 Å². The number of sulfone groups is 1. The summed E-state index contributed by atoms with van der Waals surface area (Å²) in [6.07, 6.45) is 2.20. The first-order valence-electron chi connectivity index (χ1n) is 9.24. The number of hydrogen-bond donors (Lipinski definition) is 2. The zero-order valence-electron chi connectivity index (χ0n) is 15.6. The molecule has 1 atom stereocenters. The maximum absolute atomic E-state index is 12.0. The lowest BCUT2D eigenvalue weighted by molar-refractivity contribution is 0.567. The SMILES string of the molecule is CC(NCc1[nH]cc2c1CCS2(=O)=O)c1ccc(-c2cccc(C#N)c2)cc1. The van der Waals surface area contributed by atoms with Crippen LogP contribution in [-0.4, -0.2) is 19.2 Å². The minimum atomic E-state index is -3.09. The maximum atomic E-state index is 12.0. The number of fused-ring (bicyclic) bond motifs is 1. The van der Waals surface area contributed by atoms with Crippen LogP contribution in [0.4, 0.5) is 0 Å². The summed E-state index contributed by atoms with van der Waals surface area (Å²) in [7, 11) is -3.09. The van der Waals surface area contributed by atoms with Crippen LogP contribution in [-0.2, 0) is 22.8 Å². The molecule has 1 aliphatic heterocycles. The van der Waals surface area contributed by atoms with E-state index in [0.717, 1.165) is 27.9 Å². The monoisotopic (exact) mass is 391 g/mol. The van der Waals surface area contributed by atoms with Crippen LogP contribution in [0, 0.1) is 11.3 Å². The minimum Gasteiger partial charge on any atom is -0.362 e. The highest BCUT2D eigenvalue weighted by Gasteiger charge is 2.29. The molecule has 6 heteroatoms. The van der Waals surface area contributed by atoms with Gasteiger partial charge in [0.2, 0.25) is 0 Å². The fourth-order valence-corrected chi connectivity index (χ4v) is 5.17. The predicted octanol–water partition coefficient (Wildman–Crippen LogP) is 3.73. The summed E-state index contributed by atoms with van der Waals surface area (Å²) in [5.41, 5.74) is 5.77. The Morgan fingerprint density at radius 2 is 1.96 bits per heavy atom. The van der Waals surface area contributed by atoms with Crippen molar-refractivity contribution < 1.29 is 8.42 Å². The van der Waals surface area contributed by atoms with Crippen molar-refractivity contribution in [1.29, 1.82) is 5.26 Å². The largest absolute Gasteiger partial charge is 0.362 e. The van der Waals surface area contributed by atoms with Crippen LogP contribution in [0.2, 0.25) is 0 Å². The fourth-order valence-electron chi connectivity index (χ4n) is 3.64. The van der Waals surface area contributed by atoms with Crippen LogP contribution in [0.5, 0.6) is 0 Å². The second-order valence-electron chi connectivity index (χ2n) is 7.10. The Hall–Kier alpha value is -2.88. The molecule has 0 saturated heterocycles. The number of H-pyrrole nitrogens is 1. The number of aromatic nitrogens is 1. The van der Waals surface area contributed by atoms with Crippen molar-refractivity contribution in [3.05, 3.63) is 77.1 Å². The number of aromatic amines is 1. The molecule has 0 amide bonds. The highest BCUT2D eigenvalue weighted by atomic mass is 32.2. The number of hydrogen-bond acceptors (Lipinski definition) is 4. The van der Waals surface area contributed by atoms with Gasteiger partial charge in [0.05, 0.1) is 22.3 Å². The van der Waals surface area contributed by atoms with Crippen molar-refractivity contribution in [1.82, 2.24) is 10.3 Å². The highest BCUT2D eigenvalue weighted by Crippen LogP contribution is 2.29. The molecule has 0 bridgehead atoms. The first-order chi connectivity index (χ1) is 13.5. The topological polar surface area (TPSA) is 85.8 Å². The molecule has 2 N–H and O–H groups in total. The van der Waals surface area contributed by atoms with Gasteiger partial charge in [-0.25, -0.2) is 8.42 Å². The van der Waals surface area contributed by atoms with E-state index in [-0.39, 0.29) is 11.8 Å². The Kier molecular flexibility index (Phi) is 4.80. The van der Waals surface area contributed by atoms with Crippen LogP contribution >= 0.6 is 0 Å². The summed E-state index contributed by atoms with van der Waals surface area (Å²) in [5.74, 6) is 0.212. The molecule has 0 spiro atoms. The summed E-state index contributed by atoms with van der Waals surface area (Å²) in [6.45, 7) is 2.68. The highest BCUT2D eigenvalue weighted by molar-refractivity contribution is 7.91. The summed E-state index contributed by atoms with van der Waals surface area (Å²) in [5, 5.41) is 12.5. The average molecular weight is 391 g/mol. The molecule has 1 unspecified atom stereocenters. The molecule has 2 aromatic carbocycles. The quantitative estimate of drug-likeness (QED) is 0.694. The fraction of sp³-hybridized carbons (Fsp3) is 0.227. The second kappa shape index (κ2) is 7.27. The smallest absolute Gasteiger partial charge is 0.180 e. The molecule has 1 aromatic heterocycles. The van der Waals surface area contributed by atoms with E-state index >= 15 is 0 Å². The van der Waals surface area contributed by atoms with E-state index in [1.807, 2.05) is 18.2 Å². The molecular formula is C22H21N3O2S. The maximum Gasteiger partial charge on any atom is 0.180 e. The Morgan fingerprint density at radius 3 is 2.71 bits per heavy atom. The van der Waals surface area contributed by atoms with Crippen molar-refractivity contribution in [2.45, 2.75) is 30.8 Å². The average Bonchev–Trinajstić information content (AvgIpc) is 3.27. The Labute approximate surface area is 165 Å². The van der Waals surface area contributed by atoms with Gasteiger partial charge in [-0.2, -0.15) is 5.26 Å². The minimum absolute atomic E-state index is 0.122. The molecular weight excluding hydrogens is 370 g/mol. The molecule has 0 fully saturated rings. The first kappa shape index (κ1) is 18.5. The summed E-state index contributed by atoms with van der Waals surface area (Å²) in [6, 6.07) is 18.1. The lowest BCUT2D eigenvalue weighted by atomic mass is 10.00. The summed E-state index contributed by atoms with van der Waals surface area (Å²) >= 11 is 0. The second-order valence-corrected chi connectivity index (χ2v) is 9.17. The van der Waals surface area contributed by atoms with Gasteiger partial charge < -0.3 is 10.3 Å². The van der Waals surface area contributed by atoms with E-state index in [4.69, 9.17) is 5.26 Å². The van der Waals surface area contributed by atoms with Crippen molar-refractivity contribution in [3.63, 3.8) is 0 Å². The molecule has 0 radical (unpaired) electrons. The molecule has 2 heterocycles. The number of nitrogens with one attached hydrogen (secondary N) is 2. The number of rotatable bonds is 5. The third kappa shape index (κ3) is 3.47. The lowest BCUT2D eigenvalue weighted by Gasteiger charge is -2.15. The third-order valence-electron chi connectivity index (χ3n) is 5.32. The Morgan fingerprint density at radius 1 is 1.18 bits per heavy atom.